The first-order chi connectivity index (χ1) is 8.69. The van der Waals surface area contributed by atoms with E-state index < -0.39 is 0 Å². The van der Waals surface area contributed by atoms with Gasteiger partial charge in [-0.05, 0) is 42.5 Å². The molecule has 0 aromatic heterocycles. The van der Waals surface area contributed by atoms with E-state index in [0.717, 1.165) is 12.0 Å². The summed E-state index contributed by atoms with van der Waals surface area (Å²) in [5, 5.41) is 3.44. The molecule has 4 heteroatoms. The highest BCUT2D eigenvalue weighted by Gasteiger charge is 2.18. The molecular formula is C15H21Cl2NO. The summed E-state index contributed by atoms with van der Waals surface area (Å²) in [6.45, 7) is 8.74. The number of halogens is 2. The number of benzene rings is 1. The maximum atomic E-state index is 12.0. The van der Waals surface area contributed by atoms with Gasteiger partial charge in [-0.3, -0.25) is 4.79 Å². The zero-order valence-corrected chi connectivity index (χ0v) is 13.4. The quantitative estimate of drug-likeness (QED) is 0.819. The van der Waals surface area contributed by atoms with Crippen molar-refractivity contribution in [2.24, 2.45) is 5.41 Å². The molecule has 1 N–H and O–H groups in total. The third-order valence-electron chi connectivity index (χ3n) is 2.75. The van der Waals surface area contributed by atoms with E-state index >= 15 is 0 Å². The fourth-order valence-corrected chi connectivity index (χ4v) is 2.68. The normalized spacial score (nSPS) is 13.2. The first-order valence-electron chi connectivity index (χ1n) is 6.37. The highest BCUT2D eigenvalue weighted by atomic mass is 35.5. The number of rotatable bonds is 4. The van der Waals surface area contributed by atoms with Gasteiger partial charge in [-0.15, -0.1) is 11.6 Å². The van der Waals surface area contributed by atoms with E-state index in [1.165, 1.54) is 0 Å². The lowest BCUT2D eigenvalue weighted by atomic mass is 9.90. The summed E-state index contributed by atoms with van der Waals surface area (Å²) in [6, 6.07) is 5.24. The molecular weight excluding hydrogens is 281 g/mol. The Balaban J connectivity index is 2.56. The molecule has 0 heterocycles. The summed E-state index contributed by atoms with van der Waals surface area (Å²) in [5.74, 6) is -0.103. The van der Waals surface area contributed by atoms with Crippen molar-refractivity contribution in [3.05, 3.63) is 34.3 Å². The van der Waals surface area contributed by atoms with Gasteiger partial charge in [0.2, 0.25) is 0 Å². The highest BCUT2D eigenvalue weighted by Crippen LogP contribution is 2.23. The Bertz CT molecular complexity index is 452. The third kappa shape index (κ3) is 5.84. The number of carbonyl (C=O) groups is 1. The van der Waals surface area contributed by atoms with Crippen molar-refractivity contribution in [3.8, 4) is 0 Å². The maximum Gasteiger partial charge on any atom is 0.251 e. The number of nitrogens with one attached hydrogen (secondary N) is 1. The minimum absolute atomic E-state index is 0.0587. The Labute approximate surface area is 125 Å². The fourth-order valence-electron chi connectivity index (χ4n) is 1.92. The van der Waals surface area contributed by atoms with Gasteiger partial charge in [-0.1, -0.05) is 32.4 Å². The van der Waals surface area contributed by atoms with E-state index in [0.29, 0.717) is 17.1 Å². The second kappa shape index (κ2) is 6.62. The molecule has 1 aromatic rings. The van der Waals surface area contributed by atoms with E-state index in [-0.39, 0.29) is 16.7 Å². The minimum Gasteiger partial charge on any atom is -0.351 e. The molecule has 0 aliphatic heterocycles. The van der Waals surface area contributed by atoms with E-state index in [4.69, 9.17) is 23.2 Å². The van der Waals surface area contributed by atoms with Crippen molar-refractivity contribution < 1.29 is 4.79 Å². The zero-order valence-electron chi connectivity index (χ0n) is 11.9. The Morgan fingerprint density at radius 3 is 2.53 bits per heavy atom. The average Bonchev–Trinajstić information content (AvgIpc) is 2.23. The van der Waals surface area contributed by atoms with Crippen LogP contribution in [0.5, 0.6) is 0 Å². The largest absolute Gasteiger partial charge is 0.351 e. The van der Waals surface area contributed by atoms with Crippen LogP contribution in [0, 0.1) is 12.3 Å². The molecule has 2 nitrogen and oxygen atoms in total. The van der Waals surface area contributed by atoms with Gasteiger partial charge in [-0.25, -0.2) is 0 Å². The van der Waals surface area contributed by atoms with Crippen LogP contribution < -0.4 is 5.32 Å². The Hall–Kier alpha value is -0.730. The highest BCUT2D eigenvalue weighted by molar-refractivity contribution is 6.30. The summed E-state index contributed by atoms with van der Waals surface area (Å²) in [7, 11) is 0. The lowest BCUT2D eigenvalue weighted by Gasteiger charge is -2.22. The van der Waals surface area contributed by atoms with Crippen LogP contribution in [0.2, 0.25) is 5.02 Å². The lowest BCUT2D eigenvalue weighted by molar-refractivity contribution is 0.0951. The molecule has 0 saturated heterocycles. The Morgan fingerprint density at radius 1 is 1.37 bits per heavy atom. The summed E-state index contributed by atoms with van der Waals surface area (Å²) >= 11 is 12.1. The molecule has 1 atom stereocenters. The van der Waals surface area contributed by atoms with Gasteiger partial charge in [0, 0.05) is 17.1 Å². The summed E-state index contributed by atoms with van der Waals surface area (Å²) in [5.41, 5.74) is 1.67. The Morgan fingerprint density at radius 2 is 2.00 bits per heavy atom. The number of carbonyl (C=O) groups excluding carboxylic acids is 1. The lowest BCUT2D eigenvalue weighted by Crippen LogP contribution is -2.32. The predicted molar refractivity (Wildman–Crippen MR) is 82.2 cm³/mol. The average molecular weight is 302 g/mol. The van der Waals surface area contributed by atoms with Gasteiger partial charge in [0.25, 0.3) is 5.91 Å². The molecule has 0 aliphatic rings. The van der Waals surface area contributed by atoms with Crippen LogP contribution in [-0.4, -0.2) is 17.8 Å². The summed E-state index contributed by atoms with van der Waals surface area (Å²) in [4.78, 5) is 12.0. The van der Waals surface area contributed by atoms with E-state index in [1.54, 1.807) is 18.2 Å². The van der Waals surface area contributed by atoms with Gasteiger partial charge in [0.05, 0.1) is 5.38 Å². The number of amides is 1. The SMILES string of the molecule is Cc1cc(Cl)ccc1C(=O)NCC(Cl)CC(C)(C)C. The van der Waals surface area contributed by atoms with Crippen molar-refractivity contribution in [3.63, 3.8) is 0 Å². The number of alkyl halides is 1. The molecule has 1 amide bonds. The smallest absolute Gasteiger partial charge is 0.251 e. The first kappa shape index (κ1) is 16.3. The molecule has 106 valence electrons. The van der Waals surface area contributed by atoms with E-state index in [9.17, 15) is 4.79 Å². The van der Waals surface area contributed by atoms with Crippen molar-refractivity contribution in [1.29, 1.82) is 0 Å². The van der Waals surface area contributed by atoms with Crippen molar-refractivity contribution in [1.82, 2.24) is 5.32 Å². The molecule has 1 unspecified atom stereocenters. The van der Waals surface area contributed by atoms with Gasteiger partial charge >= 0.3 is 0 Å². The number of aryl methyl sites for hydroxylation is 1. The third-order valence-corrected chi connectivity index (χ3v) is 3.29. The maximum absolute atomic E-state index is 12.0. The topological polar surface area (TPSA) is 29.1 Å². The Kier molecular flexibility index (Phi) is 5.69. The molecule has 0 spiro atoms. The second-order valence-electron chi connectivity index (χ2n) is 6.03. The number of hydrogen-bond donors (Lipinski definition) is 1. The molecule has 0 aliphatic carbocycles. The fraction of sp³-hybridized carbons (Fsp3) is 0.533. The molecule has 0 fully saturated rings. The molecule has 1 rings (SSSR count). The molecule has 1 aromatic carbocycles. The van der Waals surface area contributed by atoms with Crippen LogP contribution in [0.3, 0.4) is 0 Å². The molecule has 0 radical (unpaired) electrons. The van der Waals surface area contributed by atoms with Crippen LogP contribution in [0.15, 0.2) is 18.2 Å². The predicted octanol–water partition coefficient (Wildman–Crippen LogP) is 4.42. The molecule has 0 bridgehead atoms. The van der Waals surface area contributed by atoms with Crippen LogP contribution in [-0.2, 0) is 0 Å². The van der Waals surface area contributed by atoms with Crippen molar-refractivity contribution in [2.45, 2.75) is 39.5 Å². The van der Waals surface area contributed by atoms with Gasteiger partial charge < -0.3 is 5.32 Å². The van der Waals surface area contributed by atoms with E-state index in [1.807, 2.05) is 6.92 Å². The van der Waals surface area contributed by atoms with Crippen molar-refractivity contribution in [2.75, 3.05) is 6.54 Å². The van der Waals surface area contributed by atoms with Crippen molar-refractivity contribution >= 4 is 29.1 Å². The van der Waals surface area contributed by atoms with Crippen LogP contribution >= 0.6 is 23.2 Å². The van der Waals surface area contributed by atoms with Gasteiger partial charge in [0.1, 0.15) is 0 Å². The summed E-state index contributed by atoms with van der Waals surface area (Å²) < 4.78 is 0. The number of hydrogen-bond acceptors (Lipinski definition) is 1. The monoisotopic (exact) mass is 301 g/mol. The molecule has 19 heavy (non-hydrogen) atoms. The van der Waals surface area contributed by atoms with Crippen LogP contribution in [0.25, 0.3) is 0 Å². The standard InChI is InChI=1S/C15H21Cl2NO/c1-10-7-11(16)5-6-13(10)14(19)18-9-12(17)8-15(2,3)4/h5-7,12H,8-9H2,1-4H3,(H,18,19). The first-order valence-corrected chi connectivity index (χ1v) is 7.19. The zero-order chi connectivity index (χ0) is 14.6. The van der Waals surface area contributed by atoms with Gasteiger partial charge in [-0.2, -0.15) is 0 Å². The molecule has 0 saturated carbocycles. The minimum atomic E-state index is -0.103. The second-order valence-corrected chi connectivity index (χ2v) is 7.08. The summed E-state index contributed by atoms with van der Waals surface area (Å²) in [6.07, 6.45) is 0.856. The van der Waals surface area contributed by atoms with Crippen LogP contribution in [0.4, 0.5) is 0 Å². The van der Waals surface area contributed by atoms with Gasteiger partial charge in [0.15, 0.2) is 0 Å². The van der Waals surface area contributed by atoms with E-state index in [2.05, 4.69) is 26.1 Å². The van der Waals surface area contributed by atoms with Crippen LogP contribution in [0.1, 0.15) is 43.1 Å².